The van der Waals surface area contributed by atoms with E-state index in [1.807, 2.05) is 30.3 Å². The molecule has 0 radical (unpaired) electrons. The van der Waals surface area contributed by atoms with Crippen molar-refractivity contribution in [2.45, 2.75) is 20.4 Å². The number of rotatable bonds is 6. The zero-order valence-electron chi connectivity index (χ0n) is 13.1. The van der Waals surface area contributed by atoms with Crippen molar-refractivity contribution >= 4 is 23.4 Å². The molecule has 0 spiro atoms. The number of hydrogen-bond donors (Lipinski definition) is 2. The second-order valence-electron chi connectivity index (χ2n) is 5.13. The van der Waals surface area contributed by atoms with Crippen LogP contribution < -0.4 is 10.6 Å². The smallest absolute Gasteiger partial charge is 0.256 e. The van der Waals surface area contributed by atoms with Crippen LogP contribution in [0.3, 0.4) is 0 Å². The fourth-order valence-corrected chi connectivity index (χ4v) is 2.50. The third-order valence-electron chi connectivity index (χ3n) is 3.25. The molecule has 1 aromatic heterocycles. The largest absolute Gasteiger partial charge is 0.355 e. The van der Waals surface area contributed by atoms with Gasteiger partial charge in [-0.05, 0) is 12.5 Å². The minimum atomic E-state index is -0.294. The van der Waals surface area contributed by atoms with Crippen LogP contribution in [0.5, 0.6) is 0 Å². The van der Waals surface area contributed by atoms with Gasteiger partial charge in [-0.25, -0.2) is 4.68 Å². The molecule has 0 aliphatic carbocycles. The molecule has 0 bridgehead atoms. The molecule has 2 aromatic rings. The van der Waals surface area contributed by atoms with Crippen molar-refractivity contribution in [1.82, 2.24) is 20.4 Å². The van der Waals surface area contributed by atoms with Gasteiger partial charge in [-0.2, -0.15) is 5.10 Å². The predicted molar refractivity (Wildman–Crippen MR) is 88.5 cm³/mol. The number of halogens is 1. The van der Waals surface area contributed by atoms with Crippen molar-refractivity contribution in [2.24, 2.45) is 0 Å². The molecule has 1 heterocycles. The summed E-state index contributed by atoms with van der Waals surface area (Å²) >= 11 is 6.31. The van der Waals surface area contributed by atoms with Crippen LogP contribution in [0, 0.1) is 6.92 Å². The average Bonchev–Trinajstić information content (AvgIpc) is 2.78. The van der Waals surface area contributed by atoms with Gasteiger partial charge in [0.05, 0.1) is 17.8 Å². The molecule has 0 atom stereocenters. The van der Waals surface area contributed by atoms with E-state index in [-0.39, 0.29) is 11.8 Å². The first-order valence-electron chi connectivity index (χ1n) is 7.28. The van der Waals surface area contributed by atoms with Gasteiger partial charge in [0.15, 0.2) is 0 Å². The lowest BCUT2D eigenvalue weighted by molar-refractivity contribution is -0.118. The molecular formula is C16H19ClN4O2. The number of carbonyl (C=O) groups is 2. The molecule has 1 aromatic carbocycles. The number of hydrogen-bond acceptors (Lipinski definition) is 3. The maximum atomic E-state index is 12.2. The summed E-state index contributed by atoms with van der Waals surface area (Å²) in [7, 11) is 0. The van der Waals surface area contributed by atoms with E-state index >= 15 is 0 Å². The van der Waals surface area contributed by atoms with Crippen LogP contribution in [0.1, 0.15) is 28.5 Å². The number of amides is 2. The number of aromatic nitrogens is 2. The fraction of sp³-hybridized carbons (Fsp3) is 0.312. The zero-order chi connectivity index (χ0) is 16.8. The van der Waals surface area contributed by atoms with E-state index in [1.54, 1.807) is 11.6 Å². The Morgan fingerprint density at radius 1 is 1.17 bits per heavy atom. The first kappa shape index (κ1) is 17.0. The van der Waals surface area contributed by atoms with Crippen LogP contribution in [-0.4, -0.2) is 34.7 Å². The van der Waals surface area contributed by atoms with Gasteiger partial charge in [0.2, 0.25) is 5.91 Å². The van der Waals surface area contributed by atoms with Crippen molar-refractivity contribution in [3.63, 3.8) is 0 Å². The van der Waals surface area contributed by atoms with Crippen molar-refractivity contribution in [3.8, 4) is 0 Å². The maximum absolute atomic E-state index is 12.2. The Labute approximate surface area is 139 Å². The van der Waals surface area contributed by atoms with E-state index in [2.05, 4.69) is 15.7 Å². The lowest BCUT2D eigenvalue weighted by Crippen LogP contribution is -2.33. The van der Waals surface area contributed by atoms with Gasteiger partial charge < -0.3 is 10.6 Å². The molecule has 122 valence electrons. The van der Waals surface area contributed by atoms with Crippen LogP contribution >= 0.6 is 11.6 Å². The summed E-state index contributed by atoms with van der Waals surface area (Å²) < 4.78 is 1.61. The number of nitrogens with zero attached hydrogens (tertiary/aromatic N) is 2. The van der Waals surface area contributed by atoms with E-state index in [0.29, 0.717) is 36.0 Å². The Morgan fingerprint density at radius 3 is 2.48 bits per heavy atom. The van der Waals surface area contributed by atoms with Gasteiger partial charge in [-0.3, -0.25) is 9.59 Å². The second-order valence-corrected chi connectivity index (χ2v) is 5.49. The standard InChI is InChI=1S/C16H19ClN4O2/c1-11-14(16(23)19-9-8-18-12(2)22)15(17)21(20-11)10-13-6-4-3-5-7-13/h3-7H,8-10H2,1-2H3,(H,18,22)(H,19,23). The Balaban J connectivity index is 2.05. The number of carbonyl (C=O) groups excluding carboxylic acids is 2. The van der Waals surface area contributed by atoms with Gasteiger partial charge in [0, 0.05) is 20.0 Å². The summed E-state index contributed by atoms with van der Waals surface area (Å²) in [6.07, 6.45) is 0. The molecule has 0 fully saturated rings. The highest BCUT2D eigenvalue weighted by Crippen LogP contribution is 2.20. The minimum absolute atomic E-state index is 0.135. The third kappa shape index (κ3) is 4.56. The van der Waals surface area contributed by atoms with Crippen molar-refractivity contribution in [1.29, 1.82) is 0 Å². The summed E-state index contributed by atoms with van der Waals surface area (Å²) in [6, 6.07) is 9.76. The Morgan fingerprint density at radius 2 is 1.83 bits per heavy atom. The highest BCUT2D eigenvalue weighted by Gasteiger charge is 2.20. The Hall–Kier alpha value is -2.34. The third-order valence-corrected chi connectivity index (χ3v) is 3.64. The van der Waals surface area contributed by atoms with E-state index in [0.717, 1.165) is 5.56 Å². The molecule has 0 unspecified atom stereocenters. The fourth-order valence-electron chi connectivity index (χ4n) is 2.18. The molecule has 0 saturated heterocycles. The molecule has 0 saturated carbocycles. The summed E-state index contributed by atoms with van der Waals surface area (Å²) in [5.74, 6) is -0.429. The molecule has 23 heavy (non-hydrogen) atoms. The summed E-state index contributed by atoms with van der Waals surface area (Å²) in [6.45, 7) is 4.38. The van der Waals surface area contributed by atoms with E-state index in [4.69, 9.17) is 11.6 Å². The van der Waals surface area contributed by atoms with Gasteiger partial charge in [0.25, 0.3) is 5.91 Å². The molecule has 6 nitrogen and oxygen atoms in total. The van der Waals surface area contributed by atoms with Gasteiger partial charge in [-0.1, -0.05) is 41.9 Å². The Kier molecular flexibility index (Phi) is 5.76. The Bertz CT molecular complexity index is 698. The first-order chi connectivity index (χ1) is 11.0. The van der Waals surface area contributed by atoms with Crippen LogP contribution in [0.25, 0.3) is 0 Å². The quantitative estimate of drug-likeness (QED) is 0.790. The molecule has 2 rings (SSSR count). The maximum Gasteiger partial charge on any atom is 0.256 e. The van der Waals surface area contributed by atoms with Crippen LogP contribution in [0.2, 0.25) is 5.15 Å². The molecule has 2 N–H and O–H groups in total. The lowest BCUT2D eigenvalue weighted by Gasteiger charge is -2.06. The summed E-state index contributed by atoms with van der Waals surface area (Å²) in [4.78, 5) is 23.0. The van der Waals surface area contributed by atoms with E-state index < -0.39 is 0 Å². The lowest BCUT2D eigenvalue weighted by atomic mass is 10.2. The zero-order valence-corrected chi connectivity index (χ0v) is 13.9. The molecule has 7 heteroatoms. The number of benzene rings is 1. The van der Waals surface area contributed by atoms with Crippen LogP contribution in [-0.2, 0) is 11.3 Å². The van der Waals surface area contributed by atoms with Crippen LogP contribution in [0.4, 0.5) is 0 Å². The first-order valence-corrected chi connectivity index (χ1v) is 7.66. The van der Waals surface area contributed by atoms with Crippen molar-refractivity contribution in [3.05, 3.63) is 52.3 Å². The SMILES string of the molecule is CC(=O)NCCNC(=O)c1c(C)nn(Cc2ccccc2)c1Cl. The normalized spacial score (nSPS) is 10.4. The molecule has 0 aliphatic heterocycles. The summed E-state index contributed by atoms with van der Waals surface area (Å²) in [5, 5.41) is 9.98. The predicted octanol–water partition coefficient (Wildman–Crippen LogP) is 1.76. The van der Waals surface area contributed by atoms with E-state index in [1.165, 1.54) is 6.92 Å². The highest BCUT2D eigenvalue weighted by molar-refractivity contribution is 6.33. The van der Waals surface area contributed by atoms with Gasteiger partial charge in [-0.15, -0.1) is 0 Å². The second kappa shape index (κ2) is 7.78. The van der Waals surface area contributed by atoms with Crippen LogP contribution in [0.15, 0.2) is 30.3 Å². The molecular weight excluding hydrogens is 316 g/mol. The monoisotopic (exact) mass is 334 g/mol. The van der Waals surface area contributed by atoms with Crippen molar-refractivity contribution < 1.29 is 9.59 Å². The topological polar surface area (TPSA) is 76.0 Å². The van der Waals surface area contributed by atoms with Crippen molar-refractivity contribution in [2.75, 3.05) is 13.1 Å². The summed E-state index contributed by atoms with van der Waals surface area (Å²) in [5.41, 5.74) is 1.99. The highest BCUT2D eigenvalue weighted by atomic mass is 35.5. The van der Waals surface area contributed by atoms with E-state index in [9.17, 15) is 9.59 Å². The minimum Gasteiger partial charge on any atom is -0.355 e. The molecule has 2 amide bonds. The number of nitrogens with one attached hydrogen (secondary N) is 2. The molecule has 0 aliphatic rings. The van der Waals surface area contributed by atoms with Gasteiger partial charge >= 0.3 is 0 Å². The average molecular weight is 335 g/mol. The van der Waals surface area contributed by atoms with Gasteiger partial charge in [0.1, 0.15) is 5.15 Å². The number of aryl methyl sites for hydroxylation is 1.